The van der Waals surface area contributed by atoms with Gasteiger partial charge in [-0.2, -0.15) is 0 Å². The molecule has 0 N–H and O–H groups in total. The lowest BCUT2D eigenvalue weighted by Crippen LogP contribution is -2.38. The minimum absolute atomic E-state index is 0.694. The van der Waals surface area contributed by atoms with Crippen LogP contribution in [0.4, 0.5) is 17.1 Å². The monoisotopic (exact) mass is 583 g/mol. The van der Waals surface area contributed by atoms with Gasteiger partial charge in [-0.25, -0.2) is 9.13 Å². The summed E-state index contributed by atoms with van der Waals surface area (Å²) in [6.45, 7) is 0. The summed E-state index contributed by atoms with van der Waals surface area (Å²) in [5, 5.41) is 0. The molecule has 216 valence electrons. The number of para-hydroxylation sites is 3. The van der Waals surface area contributed by atoms with E-state index in [4.69, 9.17) is 9.72 Å². The third-order valence-electron chi connectivity index (χ3n) is 8.55. The summed E-state index contributed by atoms with van der Waals surface area (Å²) in [5.41, 5.74) is 8.04. The predicted octanol–water partition coefficient (Wildman–Crippen LogP) is 8.66. The van der Waals surface area contributed by atoms with Gasteiger partial charge >= 0.3 is 0 Å². The fraction of sp³-hybridized carbons (Fsp3) is 0.0500. The highest BCUT2D eigenvalue weighted by Gasteiger charge is 2.47. The summed E-state index contributed by atoms with van der Waals surface area (Å²) in [4.78, 5) is 7.40. The summed E-state index contributed by atoms with van der Waals surface area (Å²) >= 11 is 0. The van der Waals surface area contributed by atoms with Crippen LogP contribution in [0.25, 0.3) is 5.69 Å². The van der Waals surface area contributed by atoms with E-state index in [-0.39, 0.29) is 0 Å². The average molecular weight is 584 g/mol. The molecule has 0 atom stereocenters. The van der Waals surface area contributed by atoms with Crippen LogP contribution in [-0.4, -0.2) is 9.55 Å². The zero-order valence-electron chi connectivity index (χ0n) is 24.9. The van der Waals surface area contributed by atoms with E-state index < -0.39 is 5.41 Å². The number of aryl methyl sites for hydroxylation is 1. The molecule has 0 saturated heterocycles. The van der Waals surface area contributed by atoms with Gasteiger partial charge in [0.25, 0.3) is 0 Å². The maximum Gasteiger partial charge on any atom is 0.248 e. The first-order chi connectivity index (χ1) is 22.2. The molecule has 0 fully saturated rings. The first kappa shape index (κ1) is 26.7. The van der Waals surface area contributed by atoms with Crippen LogP contribution in [0.3, 0.4) is 0 Å². The zero-order valence-corrected chi connectivity index (χ0v) is 24.9. The topological polar surface area (TPSA) is 34.2 Å². The second-order valence-electron chi connectivity index (χ2n) is 11.3. The Kier molecular flexibility index (Phi) is 6.50. The minimum Gasteiger partial charge on any atom is -0.457 e. The maximum absolute atomic E-state index is 6.58. The number of rotatable bonds is 6. The van der Waals surface area contributed by atoms with Crippen molar-refractivity contribution in [2.45, 2.75) is 5.41 Å². The molecule has 0 saturated carbocycles. The quantitative estimate of drug-likeness (QED) is 0.184. The summed E-state index contributed by atoms with van der Waals surface area (Å²) in [6.07, 6.45) is 7.98. The van der Waals surface area contributed by atoms with Crippen molar-refractivity contribution in [2.24, 2.45) is 7.05 Å². The molecule has 3 heterocycles. The molecule has 0 amide bonds. The zero-order chi connectivity index (χ0) is 30.2. The van der Waals surface area contributed by atoms with Gasteiger partial charge in [-0.1, -0.05) is 78.9 Å². The number of aromatic nitrogens is 3. The Morgan fingerprint density at radius 2 is 1.27 bits per heavy atom. The van der Waals surface area contributed by atoms with E-state index in [0.717, 1.165) is 56.6 Å². The normalized spacial score (nSPS) is 13.1. The molecule has 7 aromatic rings. The fourth-order valence-electron chi connectivity index (χ4n) is 6.66. The molecule has 0 radical (unpaired) electrons. The molecule has 5 nitrogen and oxygen atoms in total. The lowest BCUT2D eigenvalue weighted by molar-refractivity contribution is -0.670. The number of hydrogen-bond donors (Lipinski definition) is 0. The molecule has 1 aliphatic rings. The molecular weight excluding hydrogens is 552 g/mol. The molecule has 0 aliphatic carbocycles. The summed E-state index contributed by atoms with van der Waals surface area (Å²) in [5.74, 6) is 1.53. The molecule has 1 aliphatic heterocycles. The van der Waals surface area contributed by atoms with Gasteiger partial charge in [-0.3, -0.25) is 4.98 Å². The average Bonchev–Trinajstić information content (AvgIpc) is 3.54. The SMILES string of the molecule is C[n+]1ccn(-c2cccc(Oc3cccc(C4(c5ccccn5)c5ccccc5N(c5ccccc5)c5ccccc54)c3)c2)c1. The lowest BCUT2D eigenvalue weighted by atomic mass is 9.64. The van der Waals surface area contributed by atoms with Crippen LogP contribution in [0, 0.1) is 0 Å². The number of anilines is 3. The van der Waals surface area contributed by atoms with Crippen LogP contribution >= 0.6 is 0 Å². The third kappa shape index (κ3) is 4.48. The molecule has 45 heavy (non-hydrogen) atoms. The Hall–Kier alpha value is -5.94. The van der Waals surface area contributed by atoms with E-state index in [1.807, 2.05) is 60.8 Å². The summed E-state index contributed by atoms with van der Waals surface area (Å²) in [7, 11) is 2.01. The van der Waals surface area contributed by atoms with Gasteiger partial charge < -0.3 is 9.64 Å². The Labute approximate surface area is 262 Å². The van der Waals surface area contributed by atoms with Crippen LogP contribution in [-0.2, 0) is 12.5 Å². The molecule has 0 spiro atoms. The fourth-order valence-corrected chi connectivity index (χ4v) is 6.66. The summed E-state index contributed by atoms with van der Waals surface area (Å²) in [6, 6.07) is 50.8. The van der Waals surface area contributed by atoms with Crippen molar-refractivity contribution in [2.75, 3.05) is 4.90 Å². The van der Waals surface area contributed by atoms with E-state index in [1.165, 1.54) is 0 Å². The molecule has 8 rings (SSSR count). The Bertz CT molecular complexity index is 2070. The van der Waals surface area contributed by atoms with Gasteiger partial charge in [-0.15, -0.1) is 0 Å². The molecule has 5 heteroatoms. The van der Waals surface area contributed by atoms with E-state index in [0.29, 0.717) is 0 Å². The van der Waals surface area contributed by atoms with Crippen molar-refractivity contribution < 1.29 is 9.30 Å². The van der Waals surface area contributed by atoms with Crippen LogP contribution in [0.2, 0.25) is 0 Å². The Morgan fingerprint density at radius 3 is 1.96 bits per heavy atom. The second kappa shape index (κ2) is 11.0. The Morgan fingerprint density at radius 1 is 0.622 bits per heavy atom. The number of ether oxygens (including phenoxy) is 1. The van der Waals surface area contributed by atoms with Gasteiger partial charge in [0.15, 0.2) is 0 Å². The first-order valence-electron chi connectivity index (χ1n) is 15.1. The van der Waals surface area contributed by atoms with Crippen molar-refractivity contribution in [1.82, 2.24) is 9.55 Å². The molecular formula is C40H31N4O+. The van der Waals surface area contributed by atoms with E-state index in [1.54, 1.807) is 0 Å². The van der Waals surface area contributed by atoms with Crippen LogP contribution in [0.15, 0.2) is 171 Å². The van der Waals surface area contributed by atoms with E-state index >= 15 is 0 Å². The largest absolute Gasteiger partial charge is 0.457 e. The van der Waals surface area contributed by atoms with Crippen molar-refractivity contribution in [3.63, 3.8) is 0 Å². The van der Waals surface area contributed by atoms with E-state index in [2.05, 4.69) is 131 Å². The molecule has 2 aromatic heterocycles. The first-order valence-corrected chi connectivity index (χ1v) is 15.1. The minimum atomic E-state index is -0.694. The second-order valence-corrected chi connectivity index (χ2v) is 11.3. The van der Waals surface area contributed by atoms with Crippen molar-refractivity contribution >= 4 is 17.1 Å². The highest BCUT2D eigenvalue weighted by molar-refractivity contribution is 5.89. The maximum atomic E-state index is 6.58. The molecule has 5 aromatic carbocycles. The van der Waals surface area contributed by atoms with Crippen molar-refractivity contribution in [1.29, 1.82) is 0 Å². The van der Waals surface area contributed by atoms with Crippen LogP contribution in [0.1, 0.15) is 22.4 Å². The lowest BCUT2D eigenvalue weighted by Gasteiger charge is -2.45. The van der Waals surface area contributed by atoms with Gasteiger partial charge in [0.2, 0.25) is 6.33 Å². The summed E-state index contributed by atoms with van der Waals surface area (Å²) < 4.78 is 10.7. The molecule has 0 unspecified atom stereocenters. The number of nitrogens with zero attached hydrogens (tertiary/aromatic N) is 4. The standard InChI is InChI=1S/C40H31N4O/c1-42-25-26-43(29-42)32-16-12-18-34(28-32)45-33-17-11-13-30(27-33)40(39-23-9-10-24-41-39)35-19-5-7-21-37(35)44(31-14-3-2-4-15-31)38-22-8-6-20-36(38)40/h2-29H,1H3/q+1. The van der Waals surface area contributed by atoms with Gasteiger partial charge in [-0.05, 0) is 77.4 Å². The van der Waals surface area contributed by atoms with Gasteiger partial charge in [0, 0.05) is 18.0 Å². The number of hydrogen-bond acceptors (Lipinski definition) is 3. The van der Waals surface area contributed by atoms with E-state index in [9.17, 15) is 0 Å². The van der Waals surface area contributed by atoms with Crippen molar-refractivity contribution in [3.05, 3.63) is 193 Å². The smallest absolute Gasteiger partial charge is 0.248 e. The highest BCUT2D eigenvalue weighted by atomic mass is 16.5. The van der Waals surface area contributed by atoms with Crippen LogP contribution < -0.4 is 14.2 Å². The molecule has 0 bridgehead atoms. The number of pyridine rings is 1. The van der Waals surface area contributed by atoms with Crippen molar-refractivity contribution in [3.8, 4) is 17.2 Å². The highest BCUT2D eigenvalue weighted by Crippen LogP contribution is 2.57. The van der Waals surface area contributed by atoms with Gasteiger partial charge in [0.05, 0.1) is 29.5 Å². The third-order valence-corrected chi connectivity index (χ3v) is 8.55. The van der Waals surface area contributed by atoms with Crippen LogP contribution in [0.5, 0.6) is 11.5 Å². The number of benzene rings is 5. The predicted molar refractivity (Wildman–Crippen MR) is 178 cm³/mol. The van der Waals surface area contributed by atoms with Gasteiger partial charge in [0.1, 0.15) is 29.6 Å². The number of imidazole rings is 1. The Balaban J connectivity index is 1.33. The number of fused-ring (bicyclic) bond motifs is 2.